The van der Waals surface area contributed by atoms with Crippen molar-refractivity contribution in [1.82, 2.24) is 10.2 Å². The van der Waals surface area contributed by atoms with Crippen molar-refractivity contribution < 1.29 is 4.79 Å². The molecule has 1 aliphatic heterocycles. The Morgan fingerprint density at radius 2 is 2.00 bits per heavy atom. The summed E-state index contributed by atoms with van der Waals surface area (Å²) in [6, 6.07) is 9.87. The highest BCUT2D eigenvalue weighted by Gasteiger charge is 2.27. The maximum atomic E-state index is 12.1. The smallest absolute Gasteiger partial charge is 0.251 e. The minimum absolute atomic E-state index is 0.0668. The molecule has 0 saturated carbocycles. The third kappa shape index (κ3) is 3.16. The van der Waals surface area contributed by atoms with Gasteiger partial charge in [-0.2, -0.15) is 0 Å². The van der Waals surface area contributed by atoms with Crippen molar-refractivity contribution in [3.63, 3.8) is 0 Å². The predicted octanol–water partition coefficient (Wildman–Crippen LogP) is 4.24. The molecule has 2 aromatic rings. The van der Waals surface area contributed by atoms with Gasteiger partial charge in [-0.05, 0) is 54.4 Å². The van der Waals surface area contributed by atoms with Crippen LogP contribution in [0.2, 0.25) is 10.0 Å². The quantitative estimate of drug-likeness (QED) is 0.866. The van der Waals surface area contributed by atoms with Gasteiger partial charge in [0.2, 0.25) is 0 Å². The Bertz CT molecular complexity index is 804. The molecule has 1 atom stereocenters. The van der Waals surface area contributed by atoms with Gasteiger partial charge in [0.1, 0.15) is 0 Å². The van der Waals surface area contributed by atoms with Crippen LogP contribution in [0.15, 0.2) is 30.3 Å². The van der Waals surface area contributed by atoms with Crippen LogP contribution in [0.3, 0.4) is 0 Å². The molecule has 0 bridgehead atoms. The molecule has 0 aliphatic carbocycles. The highest BCUT2D eigenvalue weighted by molar-refractivity contribution is 6.35. The van der Waals surface area contributed by atoms with E-state index in [0.29, 0.717) is 15.6 Å². The maximum Gasteiger partial charge on any atom is 0.251 e. The minimum atomic E-state index is -0.0668. The third-order valence-corrected chi connectivity index (χ3v) is 5.18. The summed E-state index contributed by atoms with van der Waals surface area (Å²) in [5.74, 6) is 0.0711. The molecular formula is C19H20Cl2N2O. The number of aryl methyl sites for hydroxylation is 1. The van der Waals surface area contributed by atoms with Crippen LogP contribution in [0.5, 0.6) is 0 Å². The largest absolute Gasteiger partial charge is 0.355 e. The molecule has 0 saturated heterocycles. The molecule has 24 heavy (non-hydrogen) atoms. The molecule has 0 spiro atoms. The van der Waals surface area contributed by atoms with Crippen molar-refractivity contribution in [3.05, 3.63) is 68.2 Å². The Kier molecular flexibility index (Phi) is 4.86. The second-order valence-corrected chi connectivity index (χ2v) is 7.20. The van der Waals surface area contributed by atoms with Gasteiger partial charge < -0.3 is 10.2 Å². The molecular weight excluding hydrogens is 343 g/mol. The molecule has 1 unspecified atom stereocenters. The summed E-state index contributed by atoms with van der Waals surface area (Å²) in [5, 5.41) is 4.05. The lowest BCUT2D eigenvalue weighted by atomic mass is 9.83. The number of hydrogen-bond acceptors (Lipinski definition) is 2. The standard InChI is InChI=1S/C19H20Cl2N2O/c1-11-4-5-12(6-14(11)19(24)22-2)16-9-23(3)10-17-15(16)7-13(20)8-18(17)21/h4-8,16H,9-10H2,1-3H3,(H,22,24). The molecule has 1 aliphatic rings. The van der Waals surface area contributed by atoms with Gasteiger partial charge in [0.05, 0.1) is 0 Å². The highest BCUT2D eigenvalue weighted by atomic mass is 35.5. The van der Waals surface area contributed by atoms with Gasteiger partial charge in [-0.25, -0.2) is 0 Å². The maximum absolute atomic E-state index is 12.1. The molecule has 0 aromatic heterocycles. The molecule has 5 heteroatoms. The molecule has 2 aromatic carbocycles. The zero-order chi connectivity index (χ0) is 17.4. The Morgan fingerprint density at radius 1 is 1.25 bits per heavy atom. The first-order chi connectivity index (χ1) is 11.4. The second kappa shape index (κ2) is 6.75. The fourth-order valence-corrected chi connectivity index (χ4v) is 3.94. The topological polar surface area (TPSA) is 32.3 Å². The van der Waals surface area contributed by atoms with Crippen molar-refractivity contribution in [2.24, 2.45) is 0 Å². The third-order valence-electron chi connectivity index (χ3n) is 4.63. The predicted molar refractivity (Wildman–Crippen MR) is 99.2 cm³/mol. The average molecular weight is 363 g/mol. The summed E-state index contributed by atoms with van der Waals surface area (Å²) in [6.07, 6.45) is 0. The Morgan fingerprint density at radius 3 is 2.71 bits per heavy atom. The van der Waals surface area contributed by atoms with Crippen molar-refractivity contribution in [1.29, 1.82) is 0 Å². The molecule has 0 fully saturated rings. The van der Waals surface area contributed by atoms with E-state index >= 15 is 0 Å². The van der Waals surface area contributed by atoms with Crippen LogP contribution in [-0.2, 0) is 6.54 Å². The summed E-state index contributed by atoms with van der Waals surface area (Å²) in [4.78, 5) is 14.4. The van der Waals surface area contributed by atoms with E-state index in [1.807, 2.05) is 25.1 Å². The number of likely N-dealkylation sites (N-methyl/N-ethyl adjacent to an activating group) is 1. The second-order valence-electron chi connectivity index (χ2n) is 6.36. The number of halogens is 2. The molecule has 126 valence electrons. The Balaban J connectivity index is 2.13. The Hall–Kier alpha value is -1.55. The number of rotatable bonds is 2. The first-order valence-electron chi connectivity index (χ1n) is 7.89. The SMILES string of the molecule is CNC(=O)c1cc(C2CN(C)Cc3c(Cl)cc(Cl)cc32)ccc1C. The highest BCUT2D eigenvalue weighted by Crippen LogP contribution is 2.38. The van der Waals surface area contributed by atoms with Gasteiger partial charge in [0.15, 0.2) is 0 Å². The van der Waals surface area contributed by atoms with Crippen LogP contribution in [0, 0.1) is 6.92 Å². The van der Waals surface area contributed by atoms with Gasteiger partial charge in [-0.3, -0.25) is 4.79 Å². The fraction of sp³-hybridized carbons (Fsp3) is 0.316. The number of carbonyl (C=O) groups excluding carboxylic acids is 1. The van der Waals surface area contributed by atoms with E-state index in [0.717, 1.165) is 35.3 Å². The number of nitrogens with zero attached hydrogens (tertiary/aromatic N) is 1. The van der Waals surface area contributed by atoms with Crippen molar-refractivity contribution in [2.45, 2.75) is 19.4 Å². The van der Waals surface area contributed by atoms with Gasteiger partial charge in [-0.1, -0.05) is 35.3 Å². The molecule has 1 heterocycles. The Labute approximate surface area is 152 Å². The van der Waals surface area contributed by atoms with E-state index in [9.17, 15) is 4.79 Å². The van der Waals surface area contributed by atoms with E-state index in [4.69, 9.17) is 23.2 Å². The van der Waals surface area contributed by atoms with Crippen LogP contribution in [-0.4, -0.2) is 31.4 Å². The minimum Gasteiger partial charge on any atom is -0.355 e. The lowest BCUT2D eigenvalue weighted by Crippen LogP contribution is -2.31. The van der Waals surface area contributed by atoms with Crippen molar-refractivity contribution >= 4 is 29.1 Å². The number of amides is 1. The van der Waals surface area contributed by atoms with Crippen LogP contribution in [0.4, 0.5) is 0 Å². The van der Waals surface area contributed by atoms with Crippen LogP contribution in [0.25, 0.3) is 0 Å². The zero-order valence-corrected chi connectivity index (χ0v) is 15.5. The average Bonchev–Trinajstić information content (AvgIpc) is 2.55. The molecule has 1 amide bonds. The van der Waals surface area contributed by atoms with E-state index in [-0.39, 0.29) is 11.8 Å². The molecule has 3 rings (SSSR count). The molecule has 3 nitrogen and oxygen atoms in total. The summed E-state index contributed by atoms with van der Waals surface area (Å²) < 4.78 is 0. The van der Waals surface area contributed by atoms with Crippen molar-refractivity contribution in [3.8, 4) is 0 Å². The lowest BCUT2D eigenvalue weighted by Gasteiger charge is -2.33. The van der Waals surface area contributed by atoms with Gasteiger partial charge in [0, 0.05) is 41.7 Å². The van der Waals surface area contributed by atoms with E-state index in [1.54, 1.807) is 13.1 Å². The van der Waals surface area contributed by atoms with Gasteiger partial charge >= 0.3 is 0 Å². The number of benzene rings is 2. The normalized spacial score (nSPS) is 17.5. The van der Waals surface area contributed by atoms with Crippen LogP contribution >= 0.6 is 23.2 Å². The van der Waals surface area contributed by atoms with Crippen LogP contribution < -0.4 is 5.32 Å². The number of nitrogens with one attached hydrogen (secondary N) is 1. The fourth-order valence-electron chi connectivity index (χ4n) is 3.37. The summed E-state index contributed by atoms with van der Waals surface area (Å²) in [5.41, 5.74) is 5.04. The van der Waals surface area contributed by atoms with E-state index in [1.165, 1.54) is 0 Å². The number of fused-ring (bicyclic) bond motifs is 1. The van der Waals surface area contributed by atoms with Gasteiger partial charge in [0.25, 0.3) is 5.91 Å². The van der Waals surface area contributed by atoms with E-state index < -0.39 is 0 Å². The number of carbonyl (C=O) groups is 1. The van der Waals surface area contributed by atoms with Crippen molar-refractivity contribution in [2.75, 3.05) is 20.6 Å². The lowest BCUT2D eigenvalue weighted by molar-refractivity contribution is 0.0962. The van der Waals surface area contributed by atoms with Gasteiger partial charge in [-0.15, -0.1) is 0 Å². The van der Waals surface area contributed by atoms with Crippen LogP contribution in [0.1, 0.15) is 38.5 Å². The van der Waals surface area contributed by atoms with E-state index in [2.05, 4.69) is 23.3 Å². The number of hydrogen-bond donors (Lipinski definition) is 1. The summed E-state index contributed by atoms with van der Waals surface area (Å²) >= 11 is 12.7. The molecule has 1 N–H and O–H groups in total. The first-order valence-corrected chi connectivity index (χ1v) is 8.65. The first kappa shape index (κ1) is 17.3. The zero-order valence-electron chi connectivity index (χ0n) is 14.0. The molecule has 0 radical (unpaired) electrons. The summed E-state index contributed by atoms with van der Waals surface area (Å²) in [6.45, 7) is 3.61. The summed E-state index contributed by atoms with van der Waals surface area (Å²) in [7, 11) is 3.73. The monoisotopic (exact) mass is 362 g/mol.